The molecule has 0 saturated carbocycles. The van der Waals surface area contributed by atoms with Gasteiger partial charge >= 0.3 is 0 Å². The molecule has 1 aromatic heterocycles. The van der Waals surface area contributed by atoms with Gasteiger partial charge in [0.05, 0.1) is 6.04 Å². The van der Waals surface area contributed by atoms with Crippen LogP contribution in [0, 0.1) is 5.82 Å². The topological polar surface area (TPSA) is 24.9 Å². The highest BCUT2D eigenvalue weighted by atomic mass is 35.5. The van der Waals surface area contributed by atoms with Crippen LogP contribution in [0.1, 0.15) is 18.5 Å². The lowest BCUT2D eigenvalue weighted by atomic mass is 10.1. The predicted molar refractivity (Wildman–Crippen MR) is 65.6 cm³/mol. The molecule has 1 heterocycles. The molecule has 5 heteroatoms. The predicted octanol–water partition coefficient (Wildman–Crippen LogP) is 4.11. The van der Waals surface area contributed by atoms with E-state index in [1.807, 2.05) is 13.0 Å². The van der Waals surface area contributed by atoms with Crippen molar-refractivity contribution in [1.82, 2.24) is 4.98 Å². The highest BCUT2D eigenvalue weighted by Crippen LogP contribution is 2.25. The number of halogens is 2. The molecule has 0 saturated heterocycles. The first kappa shape index (κ1) is 11.4. The number of anilines is 1. The minimum Gasteiger partial charge on any atom is -0.355 e. The summed E-state index contributed by atoms with van der Waals surface area (Å²) in [7, 11) is 0. The summed E-state index contributed by atoms with van der Waals surface area (Å²) in [5.74, 6) is -0.217. The third kappa shape index (κ3) is 2.51. The van der Waals surface area contributed by atoms with E-state index in [2.05, 4.69) is 10.3 Å². The summed E-state index contributed by atoms with van der Waals surface area (Å²) in [4.78, 5) is 4.06. The lowest BCUT2D eigenvalue weighted by Gasteiger charge is -2.13. The van der Waals surface area contributed by atoms with Gasteiger partial charge in [-0.15, -0.1) is 11.3 Å². The average molecular weight is 257 g/mol. The van der Waals surface area contributed by atoms with Crippen LogP contribution in [0.15, 0.2) is 29.6 Å². The second-order valence-corrected chi connectivity index (χ2v) is 4.61. The van der Waals surface area contributed by atoms with Gasteiger partial charge in [-0.2, -0.15) is 0 Å². The summed E-state index contributed by atoms with van der Waals surface area (Å²) in [6.45, 7) is 1.88. The molecule has 0 fully saturated rings. The summed E-state index contributed by atoms with van der Waals surface area (Å²) < 4.78 is 13.5. The molecule has 16 heavy (non-hydrogen) atoms. The summed E-state index contributed by atoms with van der Waals surface area (Å²) in [6.07, 6.45) is 0. The maximum absolute atomic E-state index is 13.5. The average Bonchev–Trinajstić information content (AvgIpc) is 2.64. The van der Waals surface area contributed by atoms with Gasteiger partial charge < -0.3 is 5.32 Å². The van der Waals surface area contributed by atoms with Crippen LogP contribution in [0.3, 0.4) is 0 Å². The first-order valence-corrected chi connectivity index (χ1v) is 6.04. The van der Waals surface area contributed by atoms with Crippen LogP contribution in [0.25, 0.3) is 0 Å². The number of benzene rings is 1. The Morgan fingerprint density at radius 1 is 1.44 bits per heavy atom. The van der Waals surface area contributed by atoms with Crippen LogP contribution < -0.4 is 5.32 Å². The number of thiazole rings is 1. The van der Waals surface area contributed by atoms with Gasteiger partial charge in [0.1, 0.15) is 11.0 Å². The third-order valence-electron chi connectivity index (χ3n) is 2.19. The van der Waals surface area contributed by atoms with E-state index < -0.39 is 0 Å². The highest BCUT2D eigenvalue weighted by Gasteiger charge is 2.11. The number of hydrogen-bond donors (Lipinski definition) is 1. The fourth-order valence-electron chi connectivity index (χ4n) is 1.41. The number of rotatable bonds is 3. The van der Waals surface area contributed by atoms with Crippen LogP contribution in [0.5, 0.6) is 0 Å². The van der Waals surface area contributed by atoms with Crippen LogP contribution in [0.4, 0.5) is 9.52 Å². The van der Waals surface area contributed by atoms with Crippen molar-refractivity contribution >= 4 is 28.1 Å². The summed E-state index contributed by atoms with van der Waals surface area (Å²) in [6, 6.07) is 6.55. The Hall–Kier alpha value is -1.13. The van der Waals surface area contributed by atoms with E-state index in [9.17, 15) is 4.39 Å². The van der Waals surface area contributed by atoms with Crippen LogP contribution >= 0.6 is 22.9 Å². The van der Waals surface area contributed by atoms with Crippen molar-refractivity contribution in [2.24, 2.45) is 0 Å². The summed E-state index contributed by atoms with van der Waals surface area (Å²) in [5, 5.41) is 5.98. The molecule has 0 aliphatic carbocycles. The monoisotopic (exact) mass is 256 g/mol. The Labute approximate surface area is 102 Å². The van der Waals surface area contributed by atoms with E-state index in [1.165, 1.54) is 17.4 Å². The van der Waals surface area contributed by atoms with Gasteiger partial charge in [0.25, 0.3) is 0 Å². The lowest BCUT2D eigenvalue weighted by Crippen LogP contribution is -2.08. The Morgan fingerprint density at radius 2 is 2.19 bits per heavy atom. The molecule has 0 radical (unpaired) electrons. The Morgan fingerprint density at radius 3 is 2.81 bits per heavy atom. The SMILES string of the molecule is CC(Nc1nc(Cl)cs1)c1ccccc1F. The Kier molecular flexibility index (Phi) is 3.41. The van der Waals surface area contributed by atoms with Crippen molar-refractivity contribution in [3.63, 3.8) is 0 Å². The molecule has 0 amide bonds. The molecule has 2 aromatic rings. The van der Waals surface area contributed by atoms with Crippen molar-refractivity contribution in [3.8, 4) is 0 Å². The van der Waals surface area contributed by atoms with Crippen molar-refractivity contribution in [2.75, 3.05) is 5.32 Å². The van der Waals surface area contributed by atoms with Crippen molar-refractivity contribution < 1.29 is 4.39 Å². The molecule has 0 spiro atoms. The molecule has 2 nitrogen and oxygen atoms in total. The fourth-order valence-corrected chi connectivity index (χ4v) is 2.34. The zero-order valence-corrected chi connectivity index (χ0v) is 10.1. The van der Waals surface area contributed by atoms with Gasteiger partial charge in [-0.25, -0.2) is 9.37 Å². The smallest absolute Gasteiger partial charge is 0.184 e. The van der Waals surface area contributed by atoms with Crippen LogP contribution in [0.2, 0.25) is 5.15 Å². The summed E-state index contributed by atoms with van der Waals surface area (Å²) in [5.41, 5.74) is 0.619. The molecule has 0 aliphatic heterocycles. The number of nitrogens with one attached hydrogen (secondary N) is 1. The fraction of sp³-hybridized carbons (Fsp3) is 0.182. The normalized spacial score (nSPS) is 12.4. The first-order valence-electron chi connectivity index (χ1n) is 4.79. The second-order valence-electron chi connectivity index (χ2n) is 3.36. The molecule has 0 bridgehead atoms. The Bertz CT molecular complexity index is 486. The molecule has 1 unspecified atom stereocenters. The van der Waals surface area contributed by atoms with Crippen LogP contribution in [-0.4, -0.2) is 4.98 Å². The van der Waals surface area contributed by atoms with Gasteiger partial charge in [0.2, 0.25) is 0 Å². The first-order chi connectivity index (χ1) is 7.66. The van der Waals surface area contributed by atoms with Gasteiger partial charge in [-0.05, 0) is 13.0 Å². The molecule has 1 N–H and O–H groups in total. The molecular weight excluding hydrogens is 247 g/mol. The van der Waals surface area contributed by atoms with Crippen molar-refractivity contribution in [1.29, 1.82) is 0 Å². The second kappa shape index (κ2) is 4.80. The van der Waals surface area contributed by atoms with Crippen molar-refractivity contribution in [3.05, 3.63) is 46.2 Å². The number of hydrogen-bond acceptors (Lipinski definition) is 3. The van der Waals surface area contributed by atoms with Gasteiger partial charge in [0, 0.05) is 10.9 Å². The summed E-state index contributed by atoms with van der Waals surface area (Å²) >= 11 is 7.11. The standard InChI is InChI=1S/C11H10ClFN2S/c1-7(8-4-2-3-5-9(8)13)14-11-15-10(12)6-16-11/h2-7H,1H3,(H,14,15). The largest absolute Gasteiger partial charge is 0.355 e. The Balaban J connectivity index is 2.14. The molecular formula is C11H10ClFN2S. The van der Waals surface area contributed by atoms with E-state index in [-0.39, 0.29) is 11.9 Å². The third-order valence-corrected chi connectivity index (χ3v) is 3.28. The quantitative estimate of drug-likeness (QED) is 0.894. The van der Waals surface area contributed by atoms with Crippen LogP contribution in [-0.2, 0) is 0 Å². The molecule has 2 rings (SSSR count). The van der Waals surface area contributed by atoms with Gasteiger partial charge in [-0.3, -0.25) is 0 Å². The molecule has 0 aliphatic rings. The van der Waals surface area contributed by atoms with Gasteiger partial charge in [0.15, 0.2) is 5.13 Å². The minimum atomic E-state index is -0.217. The zero-order valence-electron chi connectivity index (χ0n) is 8.58. The van der Waals surface area contributed by atoms with E-state index in [0.717, 1.165) is 0 Å². The minimum absolute atomic E-state index is 0.136. The van der Waals surface area contributed by atoms with E-state index in [1.54, 1.807) is 17.5 Å². The highest BCUT2D eigenvalue weighted by molar-refractivity contribution is 7.14. The molecule has 84 valence electrons. The van der Waals surface area contributed by atoms with E-state index in [0.29, 0.717) is 15.8 Å². The van der Waals surface area contributed by atoms with E-state index >= 15 is 0 Å². The molecule has 1 aromatic carbocycles. The maximum atomic E-state index is 13.5. The zero-order chi connectivity index (χ0) is 11.5. The number of nitrogens with zero attached hydrogens (tertiary/aromatic N) is 1. The van der Waals surface area contributed by atoms with E-state index in [4.69, 9.17) is 11.6 Å². The maximum Gasteiger partial charge on any atom is 0.184 e. The van der Waals surface area contributed by atoms with Gasteiger partial charge in [-0.1, -0.05) is 29.8 Å². The number of aromatic nitrogens is 1. The lowest BCUT2D eigenvalue weighted by molar-refractivity contribution is 0.600. The molecule has 1 atom stereocenters. The van der Waals surface area contributed by atoms with Crippen molar-refractivity contribution in [2.45, 2.75) is 13.0 Å².